The first-order valence-electron chi connectivity index (χ1n) is 7.84. The van der Waals surface area contributed by atoms with E-state index in [2.05, 4.69) is 49.2 Å². The van der Waals surface area contributed by atoms with Crippen LogP contribution in [0.15, 0.2) is 61.2 Å². The summed E-state index contributed by atoms with van der Waals surface area (Å²) in [6.45, 7) is 11.3. The van der Waals surface area contributed by atoms with E-state index in [1.165, 1.54) is 11.1 Å². The van der Waals surface area contributed by atoms with E-state index in [0.717, 1.165) is 25.3 Å². The van der Waals surface area contributed by atoms with E-state index < -0.39 is 0 Å². The van der Waals surface area contributed by atoms with Gasteiger partial charge in [0.05, 0.1) is 6.61 Å². The Morgan fingerprint density at radius 2 is 1.68 bits per heavy atom. The molecule has 0 amide bonds. The van der Waals surface area contributed by atoms with Gasteiger partial charge in [-0.15, -0.1) is 0 Å². The van der Waals surface area contributed by atoms with Crippen LogP contribution in [0.5, 0.6) is 0 Å². The van der Waals surface area contributed by atoms with Crippen LogP contribution >= 0.6 is 0 Å². The number of hydrogen-bond donors (Lipinski definition) is 1. The van der Waals surface area contributed by atoms with E-state index in [4.69, 9.17) is 4.74 Å². The van der Waals surface area contributed by atoms with Gasteiger partial charge in [-0.1, -0.05) is 74.2 Å². The molecule has 0 aliphatic rings. The molecule has 1 N–H and O–H groups in total. The highest BCUT2D eigenvalue weighted by molar-refractivity contribution is 5.51. The van der Waals surface area contributed by atoms with Crippen molar-refractivity contribution in [1.82, 2.24) is 5.32 Å². The largest absolute Gasteiger partial charge is 0.377 e. The highest BCUT2D eigenvalue weighted by atomic mass is 16.5. The van der Waals surface area contributed by atoms with Crippen LogP contribution < -0.4 is 5.32 Å². The monoisotopic (exact) mass is 297 g/mol. The fourth-order valence-electron chi connectivity index (χ4n) is 1.94. The maximum Gasteiger partial charge on any atom is 0.0722 e. The van der Waals surface area contributed by atoms with Gasteiger partial charge in [0, 0.05) is 13.2 Å². The molecule has 0 atom stereocenters. The second-order valence-electron chi connectivity index (χ2n) is 4.81. The molecule has 0 aliphatic carbocycles. The molecule has 2 aromatic carbocycles. The SMILES string of the molecule is C=Cc1ccccc1COCC.CCNCc1ccccc1. The van der Waals surface area contributed by atoms with Crippen molar-refractivity contribution in [3.8, 4) is 0 Å². The van der Waals surface area contributed by atoms with Crippen molar-refractivity contribution in [2.75, 3.05) is 13.2 Å². The van der Waals surface area contributed by atoms with E-state index in [-0.39, 0.29) is 0 Å². The van der Waals surface area contributed by atoms with Crippen LogP contribution in [-0.2, 0) is 17.9 Å². The van der Waals surface area contributed by atoms with Crippen LogP contribution in [0.2, 0.25) is 0 Å². The summed E-state index contributed by atoms with van der Waals surface area (Å²) in [5.41, 5.74) is 3.71. The Kier molecular flexibility index (Phi) is 9.67. The van der Waals surface area contributed by atoms with Crippen molar-refractivity contribution in [1.29, 1.82) is 0 Å². The third kappa shape index (κ3) is 7.21. The third-order valence-corrected chi connectivity index (χ3v) is 3.16. The minimum Gasteiger partial charge on any atom is -0.377 e. The van der Waals surface area contributed by atoms with Crippen LogP contribution in [0.4, 0.5) is 0 Å². The second-order valence-corrected chi connectivity index (χ2v) is 4.81. The maximum atomic E-state index is 5.31. The minimum absolute atomic E-state index is 0.679. The van der Waals surface area contributed by atoms with E-state index in [1.54, 1.807) is 0 Å². The van der Waals surface area contributed by atoms with E-state index >= 15 is 0 Å². The molecule has 0 bridgehead atoms. The fraction of sp³-hybridized carbons (Fsp3) is 0.300. The summed E-state index contributed by atoms with van der Waals surface area (Å²) in [7, 11) is 0. The number of nitrogens with one attached hydrogen (secondary N) is 1. The van der Waals surface area contributed by atoms with Crippen molar-refractivity contribution >= 4 is 6.08 Å². The number of hydrogen-bond acceptors (Lipinski definition) is 2. The minimum atomic E-state index is 0.679. The number of rotatable bonds is 7. The molecule has 0 saturated carbocycles. The van der Waals surface area contributed by atoms with Crippen LogP contribution in [-0.4, -0.2) is 13.2 Å². The zero-order valence-electron chi connectivity index (χ0n) is 13.7. The smallest absolute Gasteiger partial charge is 0.0722 e. The molecule has 0 aliphatic heterocycles. The van der Waals surface area contributed by atoms with E-state index in [1.807, 2.05) is 37.3 Å². The zero-order valence-corrected chi connectivity index (χ0v) is 13.7. The normalized spacial score (nSPS) is 9.73. The first kappa shape index (κ1) is 18.1. The van der Waals surface area contributed by atoms with Gasteiger partial charge in [0.25, 0.3) is 0 Å². The van der Waals surface area contributed by atoms with Crippen LogP contribution in [0.1, 0.15) is 30.5 Å². The second kappa shape index (κ2) is 11.7. The molecule has 0 fully saturated rings. The van der Waals surface area contributed by atoms with Crippen molar-refractivity contribution in [2.24, 2.45) is 0 Å². The van der Waals surface area contributed by atoms with Gasteiger partial charge in [-0.05, 0) is 30.2 Å². The topological polar surface area (TPSA) is 21.3 Å². The molecule has 2 aromatic rings. The fourth-order valence-corrected chi connectivity index (χ4v) is 1.94. The molecule has 0 heterocycles. The Labute approximate surface area is 134 Å². The summed E-state index contributed by atoms with van der Waals surface area (Å²) in [5.74, 6) is 0. The van der Waals surface area contributed by atoms with E-state index in [0.29, 0.717) is 6.61 Å². The summed E-state index contributed by atoms with van der Waals surface area (Å²) in [5, 5.41) is 3.26. The van der Waals surface area contributed by atoms with Gasteiger partial charge in [0.1, 0.15) is 0 Å². The average molecular weight is 297 g/mol. The van der Waals surface area contributed by atoms with Crippen molar-refractivity contribution in [3.05, 3.63) is 77.9 Å². The van der Waals surface area contributed by atoms with E-state index in [9.17, 15) is 0 Å². The lowest BCUT2D eigenvalue weighted by atomic mass is 10.1. The van der Waals surface area contributed by atoms with Gasteiger partial charge < -0.3 is 10.1 Å². The molecule has 0 spiro atoms. The summed E-state index contributed by atoms with van der Waals surface area (Å²) in [6, 6.07) is 18.5. The molecular formula is C20H27NO. The van der Waals surface area contributed by atoms with Gasteiger partial charge in [-0.25, -0.2) is 0 Å². The molecule has 0 radical (unpaired) electrons. The Morgan fingerprint density at radius 1 is 1.00 bits per heavy atom. The molecule has 0 saturated heterocycles. The molecule has 2 nitrogen and oxygen atoms in total. The molecule has 0 aromatic heterocycles. The molecule has 2 rings (SSSR count). The average Bonchev–Trinajstić information content (AvgIpc) is 2.60. The van der Waals surface area contributed by atoms with Gasteiger partial charge in [0.15, 0.2) is 0 Å². The van der Waals surface area contributed by atoms with Crippen LogP contribution in [0.3, 0.4) is 0 Å². The molecule has 22 heavy (non-hydrogen) atoms. The quantitative estimate of drug-likeness (QED) is 0.802. The predicted molar refractivity (Wildman–Crippen MR) is 95.7 cm³/mol. The lowest BCUT2D eigenvalue weighted by Crippen LogP contribution is -2.11. The third-order valence-electron chi connectivity index (χ3n) is 3.16. The Balaban J connectivity index is 0.000000224. The number of ether oxygens (including phenoxy) is 1. The molecular weight excluding hydrogens is 270 g/mol. The van der Waals surface area contributed by atoms with Crippen molar-refractivity contribution in [3.63, 3.8) is 0 Å². The highest BCUT2D eigenvalue weighted by Gasteiger charge is 1.96. The highest BCUT2D eigenvalue weighted by Crippen LogP contribution is 2.10. The predicted octanol–water partition coefficient (Wildman–Crippen LogP) is 4.66. The van der Waals surface area contributed by atoms with Gasteiger partial charge in [0.2, 0.25) is 0 Å². The van der Waals surface area contributed by atoms with Crippen LogP contribution in [0, 0.1) is 0 Å². The zero-order chi connectivity index (χ0) is 16.0. The summed E-state index contributed by atoms with van der Waals surface area (Å²) in [4.78, 5) is 0. The van der Waals surface area contributed by atoms with Crippen molar-refractivity contribution in [2.45, 2.75) is 27.0 Å². The molecule has 0 unspecified atom stereocenters. The lowest BCUT2D eigenvalue weighted by Gasteiger charge is -2.04. The molecule has 118 valence electrons. The Bertz CT molecular complexity index is 522. The molecule has 2 heteroatoms. The van der Waals surface area contributed by atoms with Gasteiger partial charge in [-0.3, -0.25) is 0 Å². The number of benzene rings is 2. The Hall–Kier alpha value is -1.90. The van der Waals surface area contributed by atoms with Crippen molar-refractivity contribution < 1.29 is 4.74 Å². The maximum absolute atomic E-state index is 5.31. The van der Waals surface area contributed by atoms with Crippen LogP contribution in [0.25, 0.3) is 6.08 Å². The Morgan fingerprint density at radius 3 is 2.32 bits per heavy atom. The summed E-state index contributed by atoms with van der Waals surface area (Å²) >= 11 is 0. The lowest BCUT2D eigenvalue weighted by molar-refractivity contribution is 0.134. The first-order chi connectivity index (χ1) is 10.8. The first-order valence-corrected chi connectivity index (χ1v) is 7.84. The standard InChI is InChI=1S/C11H14O.C9H13N/c1-3-10-7-5-6-8-11(10)9-12-4-2;1-2-10-8-9-6-4-3-5-7-9/h3,5-8H,1,4,9H2,2H3;3-7,10H,2,8H2,1H3. The summed E-state index contributed by atoms with van der Waals surface area (Å²) in [6.07, 6.45) is 1.86. The van der Waals surface area contributed by atoms with Gasteiger partial charge in [-0.2, -0.15) is 0 Å². The summed E-state index contributed by atoms with van der Waals surface area (Å²) < 4.78 is 5.31. The van der Waals surface area contributed by atoms with Gasteiger partial charge >= 0.3 is 0 Å².